The van der Waals surface area contributed by atoms with E-state index in [2.05, 4.69) is 27.9 Å². The SMILES string of the molecule is CN(CCCCCO)c1ccc(CO)c(Br)c1. The molecule has 0 heterocycles. The second-order valence-corrected chi connectivity index (χ2v) is 4.99. The number of aliphatic hydroxyl groups excluding tert-OH is 2. The predicted molar refractivity (Wildman–Crippen MR) is 74.3 cm³/mol. The van der Waals surface area contributed by atoms with Crippen LogP contribution < -0.4 is 4.90 Å². The Morgan fingerprint density at radius 1 is 1.18 bits per heavy atom. The van der Waals surface area contributed by atoms with Gasteiger partial charge in [-0.25, -0.2) is 0 Å². The lowest BCUT2D eigenvalue weighted by Crippen LogP contribution is -2.18. The van der Waals surface area contributed by atoms with Crippen molar-refractivity contribution in [2.45, 2.75) is 25.9 Å². The van der Waals surface area contributed by atoms with Gasteiger partial charge in [0.1, 0.15) is 0 Å². The van der Waals surface area contributed by atoms with E-state index in [1.54, 1.807) is 0 Å². The Kier molecular flexibility index (Phi) is 6.55. The van der Waals surface area contributed by atoms with Crippen molar-refractivity contribution in [3.05, 3.63) is 28.2 Å². The lowest BCUT2D eigenvalue weighted by Gasteiger charge is -2.20. The van der Waals surface area contributed by atoms with Crippen molar-refractivity contribution in [2.75, 3.05) is 25.1 Å². The number of hydrogen-bond acceptors (Lipinski definition) is 3. The van der Waals surface area contributed by atoms with Gasteiger partial charge in [-0.15, -0.1) is 0 Å². The predicted octanol–water partition coefficient (Wildman–Crippen LogP) is 2.54. The Morgan fingerprint density at radius 2 is 1.94 bits per heavy atom. The van der Waals surface area contributed by atoms with Gasteiger partial charge in [0, 0.05) is 30.4 Å². The van der Waals surface area contributed by atoms with Gasteiger partial charge in [-0.2, -0.15) is 0 Å². The molecule has 0 aromatic heterocycles. The molecule has 0 aliphatic heterocycles. The highest BCUT2D eigenvalue weighted by Gasteiger charge is 2.04. The lowest BCUT2D eigenvalue weighted by atomic mass is 10.2. The van der Waals surface area contributed by atoms with Crippen LogP contribution >= 0.6 is 15.9 Å². The van der Waals surface area contributed by atoms with E-state index in [1.165, 1.54) is 0 Å². The Balaban J connectivity index is 2.51. The Morgan fingerprint density at radius 3 is 2.53 bits per heavy atom. The van der Waals surface area contributed by atoms with Gasteiger partial charge in [0.15, 0.2) is 0 Å². The highest BCUT2D eigenvalue weighted by atomic mass is 79.9. The first-order valence-electron chi connectivity index (χ1n) is 5.90. The first kappa shape index (κ1) is 14.5. The van der Waals surface area contributed by atoms with E-state index in [9.17, 15) is 0 Å². The molecule has 4 heteroatoms. The van der Waals surface area contributed by atoms with Crippen molar-refractivity contribution in [3.8, 4) is 0 Å². The van der Waals surface area contributed by atoms with Crippen molar-refractivity contribution in [2.24, 2.45) is 0 Å². The van der Waals surface area contributed by atoms with Gasteiger partial charge in [0.05, 0.1) is 6.61 Å². The summed E-state index contributed by atoms with van der Waals surface area (Å²) < 4.78 is 0.944. The molecule has 0 unspecified atom stereocenters. The summed E-state index contributed by atoms with van der Waals surface area (Å²) in [6.07, 6.45) is 3.01. The molecule has 1 rings (SSSR count). The summed E-state index contributed by atoms with van der Waals surface area (Å²) in [5, 5.41) is 17.8. The maximum atomic E-state index is 9.08. The molecule has 0 bridgehead atoms. The topological polar surface area (TPSA) is 43.7 Å². The third-order valence-corrected chi connectivity index (χ3v) is 3.54. The summed E-state index contributed by atoms with van der Waals surface area (Å²) in [7, 11) is 2.05. The maximum Gasteiger partial charge on any atom is 0.0692 e. The maximum absolute atomic E-state index is 9.08. The largest absolute Gasteiger partial charge is 0.396 e. The van der Waals surface area contributed by atoms with Crippen LogP contribution in [-0.2, 0) is 6.61 Å². The molecule has 1 aromatic rings. The first-order chi connectivity index (χ1) is 8.19. The van der Waals surface area contributed by atoms with Crippen LogP contribution in [0.15, 0.2) is 22.7 Å². The van der Waals surface area contributed by atoms with Crippen LogP contribution in [0.5, 0.6) is 0 Å². The van der Waals surface area contributed by atoms with Crippen LogP contribution in [0.25, 0.3) is 0 Å². The number of anilines is 1. The molecular formula is C13H20BrNO2. The van der Waals surface area contributed by atoms with Crippen molar-refractivity contribution < 1.29 is 10.2 Å². The standard InChI is InChI=1S/C13H20BrNO2/c1-15(7-3-2-4-8-16)12-6-5-11(10-17)13(14)9-12/h5-6,9,16-17H,2-4,7-8,10H2,1H3. The van der Waals surface area contributed by atoms with Crippen LogP contribution in [0.4, 0.5) is 5.69 Å². The molecule has 0 radical (unpaired) electrons. The van der Waals surface area contributed by atoms with E-state index in [1.807, 2.05) is 18.2 Å². The normalized spacial score (nSPS) is 10.6. The lowest BCUT2D eigenvalue weighted by molar-refractivity contribution is 0.281. The molecule has 0 aliphatic rings. The number of aliphatic hydroxyl groups is 2. The molecule has 0 fully saturated rings. The fourth-order valence-electron chi connectivity index (χ4n) is 1.67. The second kappa shape index (κ2) is 7.69. The number of hydrogen-bond donors (Lipinski definition) is 2. The van der Waals surface area contributed by atoms with Crippen molar-refractivity contribution in [1.29, 1.82) is 0 Å². The Labute approximate surface area is 111 Å². The number of benzene rings is 1. The molecular weight excluding hydrogens is 282 g/mol. The van der Waals surface area contributed by atoms with E-state index < -0.39 is 0 Å². The third kappa shape index (κ3) is 4.66. The van der Waals surface area contributed by atoms with Crippen molar-refractivity contribution in [3.63, 3.8) is 0 Å². The fraction of sp³-hybridized carbons (Fsp3) is 0.538. The minimum atomic E-state index is 0.0566. The van der Waals surface area contributed by atoms with Crippen LogP contribution in [0.3, 0.4) is 0 Å². The van der Waals surface area contributed by atoms with Crippen LogP contribution in [0.1, 0.15) is 24.8 Å². The molecule has 17 heavy (non-hydrogen) atoms. The van der Waals surface area contributed by atoms with E-state index in [-0.39, 0.29) is 13.2 Å². The van der Waals surface area contributed by atoms with Gasteiger partial charge in [0.25, 0.3) is 0 Å². The van der Waals surface area contributed by atoms with E-state index >= 15 is 0 Å². The smallest absolute Gasteiger partial charge is 0.0692 e. The number of halogens is 1. The molecule has 0 atom stereocenters. The minimum absolute atomic E-state index is 0.0566. The molecule has 0 saturated carbocycles. The van der Waals surface area contributed by atoms with Crippen molar-refractivity contribution >= 4 is 21.6 Å². The summed E-state index contributed by atoms with van der Waals surface area (Å²) in [6, 6.07) is 5.98. The van der Waals surface area contributed by atoms with Gasteiger partial charge < -0.3 is 15.1 Å². The molecule has 3 nitrogen and oxygen atoms in total. The Hall–Kier alpha value is -0.580. The zero-order chi connectivity index (χ0) is 12.7. The highest BCUT2D eigenvalue weighted by Crippen LogP contribution is 2.23. The quantitative estimate of drug-likeness (QED) is 0.761. The molecule has 0 spiro atoms. The van der Waals surface area contributed by atoms with Gasteiger partial charge in [-0.05, 0) is 37.0 Å². The van der Waals surface area contributed by atoms with Crippen LogP contribution in [0, 0.1) is 0 Å². The second-order valence-electron chi connectivity index (χ2n) is 4.14. The van der Waals surface area contributed by atoms with Crippen molar-refractivity contribution in [1.82, 2.24) is 0 Å². The minimum Gasteiger partial charge on any atom is -0.396 e. The molecule has 2 N–H and O–H groups in total. The fourth-order valence-corrected chi connectivity index (χ4v) is 2.16. The van der Waals surface area contributed by atoms with Gasteiger partial charge in [-0.3, -0.25) is 0 Å². The Bertz CT molecular complexity index is 344. The van der Waals surface area contributed by atoms with Gasteiger partial charge in [-0.1, -0.05) is 22.0 Å². The zero-order valence-corrected chi connectivity index (χ0v) is 11.8. The monoisotopic (exact) mass is 301 g/mol. The number of rotatable bonds is 7. The molecule has 0 aliphatic carbocycles. The average molecular weight is 302 g/mol. The van der Waals surface area contributed by atoms with E-state index in [4.69, 9.17) is 10.2 Å². The van der Waals surface area contributed by atoms with E-state index in [0.29, 0.717) is 0 Å². The highest BCUT2D eigenvalue weighted by molar-refractivity contribution is 9.10. The molecule has 96 valence electrons. The third-order valence-electron chi connectivity index (χ3n) is 2.80. The van der Waals surface area contributed by atoms with Gasteiger partial charge in [0.2, 0.25) is 0 Å². The molecule has 0 amide bonds. The number of nitrogens with zero attached hydrogens (tertiary/aromatic N) is 1. The summed E-state index contributed by atoms with van der Waals surface area (Å²) >= 11 is 3.45. The summed E-state index contributed by atoms with van der Waals surface area (Å²) in [6.45, 7) is 1.31. The van der Waals surface area contributed by atoms with Gasteiger partial charge >= 0.3 is 0 Å². The van der Waals surface area contributed by atoms with Crippen LogP contribution in [-0.4, -0.2) is 30.4 Å². The van der Waals surface area contributed by atoms with E-state index in [0.717, 1.165) is 41.5 Å². The molecule has 0 saturated heterocycles. The summed E-state index contributed by atoms with van der Waals surface area (Å²) in [4.78, 5) is 2.18. The number of unbranched alkanes of at least 4 members (excludes halogenated alkanes) is 2. The molecule has 1 aromatic carbocycles. The average Bonchev–Trinajstić information content (AvgIpc) is 2.34. The zero-order valence-electron chi connectivity index (χ0n) is 10.2. The first-order valence-corrected chi connectivity index (χ1v) is 6.69. The van der Waals surface area contributed by atoms with Crippen LogP contribution in [0.2, 0.25) is 0 Å². The summed E-state index contributed by atoms with van der Waals surface area (Å²) in [5.41, 5.74) is 2.04. The summed E-state index contributed by atoms with van der Waals surface area (Å²) in [5.74, 6) is 0.